The van der Waals surface area contributed by atoms with Crippen molar-refractivity contribution in [2.45, 2.75) is 307 Å². The minimum absolute atomic E-state index is 0.105. The monoisotopic (exact) mass is 1160 g/mol. The van der Waals surface area contributed by atoms with Crippen molar-refractivity contribution in [1.82, 2.24) is 5.32 Å². The summed E-state index contributed by atoms with van der Waals surface area (Å²) in [7, 11) is 0. The topological polar surface area (TPSA) is 175 Å². The van der Waals surface area contributed by atoms with Crippen LogP contribution in [0.3, 0.4) is 0 Å². The summed E-state index contributed by atoms with van der Waals surface area (Å²) in [5.41, 5.74) is 0. The van der Waals surface area contributed by atoms with Gasteiger partial charge in [0.25, 0.3) is 0 Å². The lowest BCUT2D eigenvalue weighted by molar-refractivity contribution is -0.305. The maximum Gasteiger partial charge on any atom is 0.306 e. The molecule has 8 unspecified atom stereocenters. The van der Waals surface area contributed by atoms with Gasteiger partial charge in [-0.1, -0.05) is 258 Å². The molecule has 0 aromatic heterocycles. The Morgan fingerprint density at radius 2 is 0.867 bits per heavy atom. The number of hydrogen-bond donors (Lipinski definition) is 6. The van der Waals surface area contributed by atoms with E-state index in [-0.39, 0.29) is 19.4 Å². The van der Waals surface area contributed by atoms with E-state index in [9.17, 15) is 35.1 Å². The van der Waals surface area contributed by atoms with Gasteiger partial charge in [0.2, 0.25) is 5.91 Å². The lowest BCUT2D eigenvalue weighted by atomic mass is 9.99. The fourth-order valence-corrected chi connectivity index (χ4v) is 9.60. The highest BCUT2D eigenvalue weighted by molar-refractivity contribution is 5.80. The van der Waals surface area contributed by atoms with Gasteiger partial charge >= 0.3 is 5.97 Å². The third kappa shape index (κ3) is 46.0. The number of ether oxygens (including phenoxy) is 3. The lowest BCUT2D eigenvalue weighted by Crippen LogP contribution is -2.61. The number of hydrogen-bond acceptors (Lipinski definition) is 10. The summed E-state index contributed by atoms with van der Waals surface area (Å²) >= 11 is 0. The first-order chi connectivity index (χ1) is 40.7. The summed E-state index contributed by atoms with van der Waals surface area (Å²) in [5.74, 6) is -1.24. The first-order valence-electron chi connectivity index (χ1n) is 33.3. The molecule has 1 heterocycles. The highest BCUT2D eigenvalue weighted by Crippen LogP contribution is 2.26. The van der Waals surface area contributed by atoms with Crippen LogP contribution in [0.25, 0.3) is 0 Å². The molecule has 1 amide bonds. The van der Waals surface area contributed by atoms with Gasteiger partial charge < -0.3 is 45.1 Å². The molecule has 1 aliphatic heterocycles. The quantitative estimate of drug-likeness (QED) is 0.0195. The van der Waals surface area contributed by atoms with E-state index >= 15 is 0 Å². The molecule has 8 atom stereocenters. The van der Waals surface area contributed by atoms with Crippen LogP contribution in [0.5, 0.6) is 0 Å². The Bertz CT molecular complexity index is 1810. The molecule has 0 saturated carbocycles. The van der Waals surface area contributed by atoms with Crippen molar-refractivity contribution in [3.8, 4) is 0 Å². The van der Waals surface area contributed by atoms with E-state index < -0.39 is 67.4 Å². The van der Waals surface area contributed by atoms with Crippen molar-refractivity contribution in [2.75, 3.05) is 13.2 Å². The van der Waals surface area contributed by atoms with Crippen LogP contribution in [0.15, 0.2) is 122 Å². The second-order valence-electron chi connectivity index (χ2n) is 22.5. The maximum atomic E-state index is 13.4. The van der Waals surface area contributed by atoms with Gasteiger partial charge in [-0.05, 0) is 116 Å². The molecule has 6 N–H and O–H groups in total. The highest BCUT2D eigenvalue weighted by Gasteiger charge is 2.47. The van der Waals surface area contributed by atoms with Crippen LogP contribution in [-0.4, -0.2) is 99.6 Å². The Morgan fingerprint density at radius 3 is 1.33 bits per heavy atom. The predicted octanol–water partition coefficient (Wildman–Crippen LogP) is 16.6. The van der Waals surface area contributed by atoms with Gasteiger partial charge in [-0.2, -0.15) is 0 Å². The van der Waals surface area contributed by atoms with Gasteiger partial charge in [0, 0.05) is 6.42 Å². The molecule has 1 rings (SSSR count). The largest absolute Gasteiger partial charge is 0.454 e. The Balaban J connectivity index is 2.63. The number of carbonyl (C=O) groups is 2. The number of esters is 1. The lowest BCUT2D eigenvalue weighted by Gasteiger charge is -2.41. The first kappa shape index (κ1) is 77.1. The van der Waals surface area contributed by atoms with Crippen molar-refractivity contribution in [3.05, 3.63) is 122 Å². The fraction of sp³-hybridized carbons (Fsp3) is 0.694. The van der Waals surface area contributed by atoms with Crippen molar-refractivity contribution < 1.29 is 49.3 Å². The van der Waals surface area contributed by atoms with Gasteiger partial charge in [0.05, 0.1) is 25.4 Å². The average Bonchev–Trinajstić information content (AvgIpc) is 3.67. The molecule has 83 heavy (non-hydrogen) atoms. The third-order valence-electron chi connectivity index (χ3n) is 14.8. The molecule has 0 aromatic carbocycles. The SMILES string of the molecule is CC/C=C\C/C=C\C/C=C\C/C=C\C/C=C\CCCCCCCCCCCC(=O)OC1C(OCC(NC(=O)C(O)CCCC/C=C\C/C=C\C/C=C\C/C=C\CCCCC)C(O)/C=C/CCCCCCCCCCC)OC(CO)C(O)C1O. The van der Waals surface area contributed by atoms with E-state index in [4.69, 9.17) is 14.2 Å². The number of aliphatic hydroxyl groups is 5. The first-order valence-corrected chi connectivity index (χ1v) is 33.3. The Labute approximate surface area is 506 Å². The second-order valence-corrected chi connectivity index (χ2v) is 22.5. The summed E-state index contributed by atoms with van der Waals surface area (Å²) in [5, 5.41) is 57.0. The molecule has 0 radical (unpaired) electrons. The van der Waals surface area contributed by atoms with Crippen LogP contribution in [0.4, 0.5) is 0 Å². The molecule has 1 fully saturated rings. The third-order valence-corrected chi connectivity index (χ3v) is 14.8. The number of aliphatic hydroxyl groups excluding tert-OH is 5. The normalized spacial score (nSPS) is 19.3. The van der Waals surface area contributed by atoms with Crippen LogP contribution in [0.1, 0.15) is 258 Å². The van der Waals surface area contributed by atoms with Crippen LogP contribution in [0.2, 0.25) is 0 Å². The number of allylic oxidation sites excluding steroid dienone is 19. The zero-order chi connectivity index (χ0) is 60.3. The van der Waals surface area contributed by atoms with E-state index in [0.717, 1.165) is 128 Å². The number of unbranched alkanes of at least 4 members (excludes halogenated alkanes) is 23. The zero-order valence-corrected chi connectivity index (χ0v) is 52.5. The Hall–Kier alpha value is -3.94. The van der Waals surface area contributed by atoms with Gasteiger partial charge in [-0.15, -0.1) is 0 Å². The summed E-state index contributed by atoms with van der Waals surface area (Å²) in [6, 6.07) is -1.05. The smallest absolute Gasteiger partial charge is 0.306 e. The number of carbonyl (C=O) groups excluding carboxylic acids is 2. The maximum absolute atomic E-state index is 13.4. The van der Waals surface area contributed by atoms with Crippen molar-refractivity contribution in [3.63, 3.8) is 0 Å². The summed E-state index contributed by atoms with van der Waals surface area (Å²) < 4.78 is 17.6. The van der Waals surface area contributed by atoms with Crippen molar-refractivity contribution in [2.24, 2.45) is 0 Å². The highest BCUT2D eigenvalue weighted by atomic mass is 16.7. The summed E-state index contributed by atoms with van der Waals surface area (Å²) in [6.07, 6.45) is 70.9. The van der Waals surface area contributed by atoms with Crippen molar-refractivity contribution in [1.29, 1.82) is 0 Å². The van der Waals surface area contributed by atoms with Gasteiger partial charge in [-0.3, -0.25) is 9.59 Å². The van der Waals surface area contributed by atoms with E-state index in [1.165, 1.54) is 83.5 Å². The average molecular weight is 1160 g/mol. The molecule has 11 heteroatoms. The molecule has 474 valence electrons. The van der Waals surface area contributed by atoms with E-state index in [1.54, 1.807) is 6.08 Å². The van der Waals surface area contributed by atoms with E-state index in [1.807, 2.05) is 6.08 Å². The Kier molecular flexibility index (Phi) is 54.3. The predicted molar refractivity (Wildman–Crippen MR) is 347 cm³/mol. The molecular formula is C72H121NO10. The van der Waals surface area contributed by atoms with Gasteiger partial charge in [0.1, 0.15) is 24.4 Å². The number of amides is 1. The number of rotatable bonds is 55. The molecule has 0 spiro atoms. The fourth-order valence-electron chi connectivity index (χ4n) is 9.60. The molecule has 1 saturated heterocycles. The second kappa shape index (κ2) is 58.4. The van der Waals surface area contributed by atoms with Crippen molar-refractivity contribution >= 4 is 11.9 Å². The molecular weight excluding hydrogens is 1040 g/mol. The summed E-state index contributed by atoms with van der Waals surface area (Å²) in [4.78, 5) is 26.6. The van der Waals surface area contributed by atoms with Crippen LogP contribution in [-0.2, 0) is 23.8 Å². The Morgan fingerprint density at radius 1 is 0.482 bits per heavy atom. The molecule has 0 aliphatic carbocycles. The van der Waals surface area contributed by atoms with Crippen LogP contribution >= 0.6 is 0 Å². The minimum atomic E-state index is -1.63. The molecule has 1 aliphatic rings. The minimum Gasteiger partial charge on any atom is -0.454 e. The van der Waals surface area contributed by atoms with E-state index in [0.29, 0.717) is 12.8 Å². The molecule has 11 nitrogen and oxygen atoms in total. The number of nitrogens with one attached hydrogen (secondary N) is 1. The zero-order valence-electron chi connectivity index (χ0n) is 52.5. The van der Waals surface area contributed by atoms with Crippen LogP contribution in [0, 0.1) is 0 Å². The molecule has 0 bridgehead atoms. The van der Waals surface area contributed by atoms with Crippen LogP contribution < -0.4 is 5.32 Å². The standard InChI is InChI=1S/C72H121NO10/c1-4-7-10-13-16-19-22-24-26-28-30-31-32-33-34-35-36-38-40-42-45-48-51-54-57-60-67(77)83-70-69(79)68(78)66(61-74)82-72(70)81-62-63(64(75)58-55-52-49-46-43-21-18-15-12-9-6-3)73-71(80)65(76)59-56-53-50-47-44-41-39-37-29-27-25-23-20-17-14-11-8-5-2/h7,10,16-17,19-20,24-27,30-31,33-34,37,39,44,47,55,58,63-66,68-70,72,74-76,78-79H,4-6,8-9,11-15,18,21-23,28-29,32,35-36,38,40-43,45-46,48-54,56-57,59-62H2,1-3H3,(H,73,80)/b10-7-,19-16-,20-17-,26-24-,27-25-,31-30-,34-33-,39-37-,47-44-,58-55+. The van der Waals surface area contributed by atoms with E-state index in [2.05, 4.69) is 135 Å². The molecule has 0 aromatic rings. The summed E-state index contributed by atoms with van der Waals surface area (Å²) in [6.45, 7) is 5.61. The van der Waals surface area contributed by atoms with Gasteiger partial charge in [0.15, 0.2) is 12.4 Å². The van der Waals surface area contributed by atoms with Gasteiger partial charge in [-0.25, -0.2) is 0 Å².